The predicted molar refractivity (Wildman–Crippen MR) is 17.1 cm³/mol. The minimum absolute atomic E-state index is 2.41. The summed E-state index contributed by atoms with van der Waals surface area (Å²) in [4.78, 5) is 0. The van der Waals surface area contributed by atoms with Crippen molar-refractivity contribution in [2.75, 3.05) is 0 Å². The highest BCUT2D eigenvalue weighted by atomic mass is 32.3. The quantitative estimate of drug-likeness (QED) is 0.536. The summed E-state index contributed by atoms with van der Waals surface area (Å²) < 4.78 is 52.8. The van der Waals surface area contributed by atoms with Gasteiger partial charge in [-0.25, -0.2) is 0 Å². The van der Waals surface area contributed by atoms with Crippen molar-refractivity contribution in [3.63, 3.8) is 0 Å². The van der Waals surface area contributed by atoms with Crippen molar-refractivity contribution >= 4 is 10.5 Å². The van der Waals surface area contributed by atoms with Crippen molar-refractivity contribution in [1.29, 1.82) is 0 Å². The summed E-state index contributed by atoms with van der Waals surface area (Å²) in [6, 6.07) is 0. The van der Waals surface area contributed by atoms with Crippen LogP contribution in [-0.2, 0) is 14.7 Å². The Bertz CT molecular complexity index is 148. The van der Waals surface area contributed by atoms with Crippen LogP contribution in [-0.4, -0.2) is 15.0 Å². The standard InChI is InChI=1S/CHF3O3S/c2-1(3)7-8(4,5)6/h1H. The molecule has 0 heterocycles. The summed E-state index contributed by atoms with van der Waals surface area (Å²) in [5, 5.41) is 0. The van der Waals surface area contributed by atoms with Gasteiger partial charge < -0.3 is 0 Å². The molecule has 0 radical (unpaired) electrons. The molecule has 0 aliphatic heterocycles. The summed E-state index contributed by atoms with van der Waals surface area (Å²) >= 11 is 0. The highest BCUT2D eigenvalue weighted by Gasteiger charge is 2.14. The van der Waals surface area contributed by atoms with Crippen LogP contribution in [0.3, 0.4) is 0 Å². The zero-order chi connectivity index (χ0) is 6.78. The van der Waals surface area contributed by atoms with Gasteiger partial charge in [0.25, 0.3) is 0 Å². The molecule has 3 nitrogen and oxygen atoms in total. The Morgan fingerprint density at radius 3 is 1.75 bits per heavy atom. The number of alkyl halides is 2. The molecule has 0 aliphatic rings. The van der Waals surface area contributed by atoms with E-state index in [1.807, 2.05) is 0 Å². The Labute approximate surface area is 43.5 Å². The van der Waals surface area contributed by atoms with E-state index in [-0.39, 0.29) is 0 Å². The Morgan fingerprint density at radius 1 is 1.38 bits per heavy atom. The molecule has 0 aromatic rings. The fraction of sp³-hybridized carbons (Fsp3) is 1.00. The zero-order valence-corrected chi connectivity index (χ0v) is 4.16. The van der Waals surface area contributed by atoms with E-state index >= 15 is 0 Å². The van der Waals surface area contributed by atoms with E-state index in [4.69, 9.17) is 8.42 Å². The van der Waals surface area contributed by atoms with Crippen LogP contribution in [0.1, 0.15) is 0 Å². The predicted octanol–water partition coefficient (Wildman–Crippen LogP) is 0.440. The van der Waals surface area contributed by atoms with Crippen molar-refractivity contribution in [3.8, 4) is 0 Å². The lowest BCUT2D eigenvalue weighted by Crippen LogP contribution is -2.03. The molecule has 0 rings (SSSR count). The molecule has 0 spiro atoms. The van der Waals surface area contributed by atoms with Crippen LogP contribution in [0.25, 0.3) is 0 Å². The van der Waals surface area contributed by atoms with Crippen molar-refractivity contribution in [2.24, 2.45) is 0 Å². The molecule has 0 amide bonds. The number of rotatable bonds is 2. The van der Waals surface area contributed by atoms with Gasteiger partial charge in [-0.15, -0.1) is 0 Å². The first kappa shape index (κ1) is 7.70. The highest BCUT2D eigenvalue weighted by molar-refractivity contribution is 7.81. The average molecular weight is 150 g/mol. The number of halogens is 3. The van der Waals surface area contributed by atoms with E-state index in [0.717, 1.165) is 0 Å². The zero-order valence-electron chi connectivity index (χ0n) is 3.34. The second-order valence-electron chi connectivity index (χ2n) is 0.750. The second-order valence-corrected chi connectivity index (χ2v) is 1.73. The molecule has 50 valence electrons. The molecule has 0 aromatic carbocycles. The first-order valence-corrected chi connectivity index (χ1v) is 2.64. The van der Waals surface area contributed by atoms with Gasteiger partial charge in [0, 0.05) is 0 Å². The van der Waals surface area contributed by atoms with Crippen LogP contribution in [0.4, 0.5) is 12.7 Å². The van der Waals surface area contributed by atoms with E-state index < -0.39 is 17.1 Å². The van der Waals surface area contributed by atoms with Crippen molar-refractivity contribution in [2.45, 2.75) is 6.61 Å². The molecule has 0 fully saturated rings. The fourth-order valence-corrected chi connectivity index (χ4v) is 0.261. The van der Waals surface area contributed by atoms with Gasteiger partial charge in [0.05, 0.1) is 0 Å². The molecule has 0 N–H and O–H groups in total. The first-order chi connectivity index (χ1) is 3.42. The number of hydrogen-bond donors (Lipinski definition) is 0. The van der Waals surface area contributed by atoms with Gasteiger partial charge in [-0.05, 0) is 0 Å². The van der Waals surface area contributed by atoms with Crippen molar-refractivity contribution in [3.05, 3.63) is 0 Å². The summed E-state index contributed by atoms with van der Waals surface area (Å²) in [5.41, 5.74) is 0. The van der Waals surface area contributed by atoms with Crippen LogP contribution in [0.5, 0.6) is 0 Å². The molecule has 0 unspecified atom stereocenters. The maximum absolute atomic E-state index is 10.9. The second kappa shape index (κ2) is 2.31. The highest BCUT2D eigenvalue weighted by Crippen LogP contribution is 2.02. The summed E-state index contributed by atoms with van der Waals surface area (Å²) in [6.45, 7) is -3.62. The monoisotopic (exact) mass is 150 g/mol. The Kier molecular flexibility index (Phi) is 2.23. The Hall–Kier alpha value is -0.300. The van der Waals surface area contributed by atoms with Crippen LogP contribution in [0.15, 0.2) is 0 Å². The van der Waals surface area contributed by atoms with Crippen LogP contribution < -0.4 is 0 Å². The van der Waals surface area contributed by atoms with E-state index in [9.17, 15) is 12.7 Å². The Morgan fingerprint density at radius 2 is 1.75 bits per heavy atom. The summed E-state index contributed by atoms with van der Waals surface area (Å²) in [7, 11) is -5.47. The largest absolute Gasteiger partial charge is 0.442 e. The molecule has 0 atom stereocenters. The van der Waals surface area contributed by atoms with Gasteiger partial charge in [-0.3, -0.25) is 0 Å². The van der Waals surface area contributed by atoms with Crippen LogP contribution >= 0.6 is 0 Å². The molecule has 7 heteroatoms. The van der Waals surface area contributed by atoms with Gasteiger partial charge in [0.2, 0.25) is 0 Å². The molecule has 0 aliphatic carbocycles. The van der Waals surface area contributed by atoms with E-state index in [1.165, 1.54) is 0 Å². The Balaban J connectivity index is 3.75. The van der Waals surface area contributed by atoms with Crippen molar-refractivity contribution in [1.82, 2.24) is 0 Å². The molecule has 0 bridgehead atoms. The van der Waals surface area contributed by atoms with Gasteiger partial charge in [0.1, 0.15) is 0 Å². The normalized spacial score (nSPS) is 12.5. The van der Waals surface area contributed by atoms with Gasteiger partial charge in [0.15, 0.2) is 0 Å². The number of hydrogen-bond acceptors (Lipinski definition) is 3. The minimum atomic E-state index is -5.47. The third-order valence-electron chi connectivity index (χ3n) is 0.188. The summed E-state index contributed by atoms with van der Waals surface area (Å²) in [5.74, 6) is 0. The lowest BCUT2D eigenvalue weighted by Gasteiger charge is -1.90. The third kappa shape index (κ3) is 5.70. The molecular weight excluding hydrogens is 149 g/mol. The molecular formula is CHF3O3S. The smallest absolute Gasteiger partial charge is 0.178 e. The maximum Gasteiger partial charge on any atom is 0.442 e. The summed E-state index contributed by atoms with van der Waals surface area (Å²) in [6.07, 6.45) is 0. The van der Waals surface area contributed by atoms with Crippen molar-refractivity contribution < 1.29 is 25.3 Å². The topological polar surface area (TPSA) is 43.4 Å². The van der Waals surface area contributed by atoms with Gasteiger partial charge in [-0.2, -0.15) is 21.4 Å². The maximum atomic E-state index is 10.9. The first-order valence-electron chi connectivity index (χ1n) is 1.33. The lowest BCUT2D eigenvalue weighted by atomic mass is 11.5. The molecule has 0 aromatic heterocycles. The molecule has 8 heavy (non-hydrogen) atoms. The molecule has 0 saturated heterocycles. The van der Waals surface area contributed by atoms with E-state index in [0.29, 0.717) is 0 Å². The van der Waals surface area contributed by atoms with E-state index in [2.05, 4.69) is 4.18 Å². The van der Waals surface area contributed by atoms with Crippen LogP contribution in [0, 0.1) is 0 Å². The van der Waals surface area contributed by atoms with Gasteiger partial charge in [-0.1, -0.05) is 3.89 Å². The van der Waals surface area contributed by atoms with Gasteiger partial charge >= 0.3 is 17.1 Å². The third-order valence-corrected chi connectivity index (χ3v) is 0.563. The minimum Gasteiger partial charge on any atom is -0.178 e. The lowest BCUT2D eigenvalue weighted by molar-refractivity contribution is -0.0485. The average Bonchev–Trinajstić information content (AvgIpc) is 1.21. The van der Waals surface area contributed by atoms with E-state index in [1.54, 1.807) is 0 Å². The molecule has 0 saturated carbocycles. The van der Waals surface area contributed by atoms with Crippen LogP contribution in [0.2, 0.25) is 0 Å². The fourth-order valence-electron chi connectivity index (χ4n) is 0.0869. The SMILES string of the molecule is O=S(=O)(F)OC(F)F.